The molecular weight excluding hydrogens is 334 g/mol. The highest BCUT2D eigenvalue weighted by Gasteiger charge is 2.39. The lowest BCUT2D eigenvalue weighted by molar-refractivity contribution is -0.143. The van der Waals surface area contributed by atoms with Gasteiger partial charge in [-0.1, -0.05) is 31.2 Å². The largest absolute Gasteiger partial charge is 0.467 e. The van der Waals surface area contributed by atoms with Crippen molar-refractivity contribution in [2.45, 2.75) is 31.8 Å². The number of methoxy groups -OCH3 is 1. The van der Waals surface area contributed by atoms with E-state index in [4.69, 9.17) is 18.9 Å². The van der Waals surface area contributed by atoms with E-state index in [9.17, 15) is 4.79 Å². The fraction of sp³-hybridized carbons (Fsp3) is 0.300. The molecule has 2 heterocycles. The van der Waals surface area contributed by atoms with Crippen LogP contribution in [0.1, 0.15) is 30.6 Å². The molecule has 0 spiro atoms. The van der Waals surface area contributed by atoms with Gasteiger partial charge in [0.1, 0.15) is 0 Å². The summed E-state index contributed by atoms with van der Waals surface area (Å²) in [5.74, 6) is 1.33. The van der Waals surface area contributed by atoms with Gasteiger partial charge in [0, 0.05) is 12.0 Å². The molecular formula is C20H19NO5. The van der Waals surface area contributed by atoms with Crippen LogP contribution in [0.3, 0.4) is 0 Å². The summed E-state index contributed by atoms with van der Waals surface area (Å²) in [4.78, 5) is 16.7. The summed E-state index contributed by atoms with van der Waals surface area (Å²) in [6, 6.07) is 14.3. The summed E-state index contributed by atoms with van der Waals surface area (Å²) in [6.45, 7) is 1.99. The van der Waals surface area contributed by atoms with Crippen LogP contribution in [0.2, 0.25) is 0 Å². The van der Waals surface area contributed by atoms with Gasteiger partial charge < -0.3 is 18.9 Å². The average Bonchev–Trinajstić information content (AvgIpc) is 3.31. The Hall–Kier alpha value is -3.02. The minimum Gasteiger partial charge on any atom is -0.467 e. The summed E-state index contributed by atoms with van der Waals surface area (Å²) in [5, 5.41) is 0. The second kappa shape index (κ2) is 6.71. The first-order valence-electron chi connectivity index (χ1n) is 8.54. The maximum atomic E-state index is 12.2. The van der Waals surface area contributed by atoms with E-state index in [-0.39, 0.29) is 6.29 Å². The van der Waals surface area contributed by atoms with E-state index in [1.165, 1.54) is 7.11 Å². The quantitative estimate of drug-likeness (QED) is 0.790. The maximum absolute atomic E-state index is 12.2. The van der Waals surface area contributed by atoms with E-state index in [0.29, 0.717) is 17.4 Å². The minimum atomic E-state index is -0.766. The van der Waals surface area contributed by atoms with Gasteiger partial charge in [-0.15, -0.1) is 0 Å². The number of ether oxygens (including phenoxy) is 4. The Morgan fingerprint density at radius 1 is 1.08 bits per heavy atom. The summed E-state index contributed by atoms with van der Waals surface area (Å²) >= 11 is 0. The third kappa shape index (κ3) is 2.87. The van der Waals surface area contributed by atoms with Crippen molar-refractivity contribution in [1.29, 1.82) is 0 Å². The van der Waals surface area contributed by atoms with Crippen LogP contribution in [-0.2, 0) is 14.3 Å². The number of esters is 1. The van der Waals surface area contributed by atoms with Crippen molar-refractivity contribution < 1.29 is 23.7 Å². The molecule has 134 valence electrons. The summed E-state index contributed by atoms with van der Waals surface area (Å²) < 4.78 is 22.4. The first kappa shape index (κ1) is 16.4. The molecule has 3 atom stereocenters. The Kier molecular flexibility index (Phi) is 4.24. The molecule has 6 heteroatoms. The second-order valence-corrected chi connectivity index (χ2v) is 6.09. The lowest BCUT2D eigenvalue weighted by Gasteiger charge is -2.17. The highest BCUT2D eigenvalue weighted by molar-refractivity contribution is 5.98. The van der Waals surface area contributed by atoms with E-state index in [2.05, 4.69) is 4.99 Å². The van der Waals surface area contributed by atoms with Gasteiger partial charge >= 0.3 is 5.97 Å². The monoisotopic (exact) mass is 353 g/mol. The van der Waals surface area contributed by atoms with Gasteiger partial charge in [0.05, 0.1) is 7.11 Å². The van der Waals surface area contributed by atoms with Crippen LogP contribution in [0.4, 0.5) is 0 Å². The molecule has 0 saturated carbocycles. The third-order valence-corrected chi connectivity index (χ3v) is 4.39. The van der Waals surface area contributed by atoms with Gasteiger partial charge in [-0.05, 0) is 29.8 Å². The van der Waals surface area contributed by atoms with Crippen LogP contribution in [-0.4, -0.2) is 31.3 Å². The number of hydrogen-bond donors (Lipinski definition) is 0. The fourth-order valence-electron chi connectivity index (χ4n) is 3.04. The minimum absolute atomic E-state index is 0.280. The van der Waals surface area contributed by atoms with Crippen LogP contribution < -0.4 is 9.47 Å². The first-order chi connectivity index (χ1) is 12.7. The van der Waals surface area contributed by atoms with Crippen molar-refractivity contribution in [3.05, 3.63) is 59.7 Å². The molecule has 0 bridgehead atoms. The number of aliphatic imine (C=N–C) groups is 1. The molecule has 0 fully saturated rings. The Morgan fingerprint density at radius 2 is 1.85 bits per heavy atom. The number of nitrogens with zero attached hydrogens (tertiary/aromatic N) is 1. The van der Waals surface area contributed by atoms with Gasteiger partial charge in [-0.2, -0.15) is 0 Å². The Morgan fingerprint density at radius 3 is 2.58 bits per heavy atom. The number of benzene rings is 2. The molecule has 2 aromatic carbocycles. The standard InChI is InChI=1S/C20H19NO5/c1-3-16-24-14-10-9-13(11-15(14)25-16)18-17(20(22)23-2)21-19(26-18)12-7-5-4-6-8-12/h4-11,16-18H,3H2,1-2H3. The number of fused-ring (bicyclic) bond motifs is 1. The van der Waals surface area contributed by atoms with E-state index < -0.39 is 18.1 Å². The fourth-order valence-corrected chi connectivity index (χ4v) is 3.04. The van der Waals surface area contributed by atoms with Crippen molar-refractivity contribution in [3.8, 4) is 11.5 Å². The Balaban J connectivity index is 1.65. The van der Waals surface area contributed by atoms with E-state index in [1.54, 1.807) is 0 Å². The molecule has 0 amide bonds. The molecule has 26 heavy (non-hydrogen) atoms. The third-order valence-electron chi connectivity index (χ3n) is 4.39. The molecule has 0 N–H and O–H groups in total. The van der Waals surface area contributed by atoms with Gasteiger partial charge in [0.2, 0.25) is 12.2 Å². The van der Waals surface area contributed by atoms with E-state index in [0.717, 1.165) is 17.5 Å². The topological polar surface area (TPSA) is 66.4 Å². The zero-order chi connectivity index (χ0) is 18.1. The molecule has 2 aromatic rings. The highest BCUT2D eigenvalue weighted by atomic mass is 16.7. The van der Waals surface area contributed by atoms with Crippen molar-refractivity contribution in [2.75, 3.05) is 7.11 Å². The van der Waals surface area contributed by atoms with Crippen LogP contribution >= 0.6 is 0 Å². The van der Waals surface area contributed by atoms with E-state index in [1.807, 2.05) is 55.5 Å². The highest BCUT2D eigenvalue weighted by Crippen LogP contribution is 2.40. The SMILES string of the molecule is CCC1Oc2ccc(C3OC(c4ccccc4)=NC3C(=O)OC)cc2O1. The molecule has 2 aliphatic heterocycles. The average molecular weight is 353 g/mol. The predicted octanol–water partition coefficient (Wildman–Crippen LogP) is 3.25. The predicted molar refractivity (Wildman–Crippen MR) is 94.4 cm³/mol. The molecule has 0 aliphatic carbocycles. The molecule has 3 unspecified atom stereocenters. The molecule has 6 nitrogen and oxygen atoms in total. The zero-order valence-corrected chi connectivity index (χ0v) is 14.5. The van der Waals surface area contributed by atoms with Gasteiger partial charge in [-0.25, -0.2) is 9.79 Å². The lowest BCUT2D eigenvalue weighted by atomic mass is 10.0. The first-order valence-corrected chi connectivity index (χ1v) is 8.54. The number of carbonyl (C=O) groups is 1. The summed E-state index contributed by atoms with van der Waals surface area (Å²) in [7, 11) is 1.35. The molecule has 0 radical (unpaired) electrons. The Bertz CT molecular complexity index is 849. The number of hydrogen-bond acceptors (Lipinski definition) is 6. The summed E-state index contributed by atoms with van der Waals surface area (Å²) in [6.07, 6.45) is -0.111. The number of carbonyl (C=O) groups excluding carboxylic acids is 1. The maximum Gasteiger partial charge on any atom is 0.335 e. The van der Waals surface area contributed by atoms with Crippen molar-refractivity contribution in [2.24, 2.45) is 4.99 Å². The van der Waals surface area contributed by atoms with Crippen LogP contribution in [0.5, 0.6) is 11.5 Å². The van der Waals surface area contributed by atoms with Gasteiger partial charge in [-0.3, -0.25) is 0 Å². The normalized spacial score (nSPS) is 23.3. The molecule has 4 rings (SSSR count). The van der Waals surface area contributed by atoms with Gasteiger partial charge in [0.25, 0.3) is 0 Å². The molecule has 0 saturated heterocycles. The van der Waals surface area contributed by atoms with Crippen molar-refractivity contribution >= 4 is 11.9 Å². The van der Waals surface area contributed by atoms with Crippen LogP contribution in [0.25, 0.3) is 0 Å². The smallest absolute Gasteiger partial charge is 0.335 e. The second-order valence-electron chi connectivity index (χ2n) is 6.09. The Labute approximate surface area is 151 Å². The van der Waals surface area contributed by atoms with E-state index >= 15 is 0 Å². The molecule has 2 aliphatic rings. The summed E-state index contributed by atoms with van der Waals surface area (Å²) in [5.41, 5.74) is 1.60. The van der Waals surface area contributed by atoms with Crippen LogP contribution in [0, 0.1) is 0 Å². The number of rotatable bonds is 4. The van der Waals surface area contributed by atoms with Crippen molar-refractivity contribution in [1.82, 2.24) is 0 Å². The molecule has 0 aromatic heterocycles. The zero-order valence-electron chi connectivity index (χ0n) is 14.5. The van der Waals surface area contributed by atoms with Crippen LogP contribution in [0.15, 0.2) is 53.5 Å². The lowest BCUT2D eigenvalue weighted by Crippen LogP contribution is -2.25. The van der Waals surface area contributed by atoms with Gasteiger partial charge in [0.15, 0.2) is 23.6 Å². The van der Waals surface area contributed by atoms with Crippen molar-refractivity contribution in [3.63, 3.8) is 0 Å².